The van der Waals surface area contributed by atoms with E-state index in [0.29, 0.717) is 5.33 Å². The Morgan fingerprint density at radius 3 is 2.50 bits per heavy atom. The highest BCUT2D eigenvalue weighted by atomic mass is 79.9. The van der Waals surface area contributed by atoms with Gasteiger partial charge in [-0.1, -0.05) is 34.8 Å². The lowest BCUT2D eigenvalue weighted by atomic mass is 9.92. The summed E-state index contributed by atoms with van der Waals surface area (Å²) in [6.07, 6.45) is 3.99. The van der Waals surface area contributed by atoms with Crippen LogP contribution in [0.2, 0.25) is 0 Å². The van der Waals surface area contributed by atoms with E-state index in [1.165, 1.54) is 18.2 Å². The summed E-state index contributed by atoms with van der Waals surface area (Å²) in [5.41, 5.74) is -0.175. The number of halogens is 2. The van der Waals surface area contributed by atoms with Crippen LogP contribution in [-0.4, -0.2) is 19.5 Å². The molecule has 5 heteroatoms. The molecular formula is C13H16BrFO2S. The Balaban J connectivity index is 2.27. The molecule has 100 valence electrons. The molecular weight excluding hydrogens is 319 g/mol. The second-order valence-electron chi connectivity index (χ2n) is 5.06. The minimum atomic E-state index is -3.41. The molecule has 2 nitrogen and oxygen atoms in total. The molecule has 0 unspecified atom stereocenters. The summed E-state index contributed by atoms with van der Waals surface area (Å²) in [6, 6.07) is 5.27. The van der Waals surface area contributed by atoms with Gasteiger partial charge in [0.25, 0.3) is 0 Å². The minimum Gasteiger partial charge on any atom is -0.224 e. The molecule has 0 amide bonds. The third kappa shape index (κ3) is 2.94. The molecule has 0 aromatic heterocycles. The van der Waals surface area contributed by atoms with Gasteiger partial charge in [0, 0.05) is 5.33 Å². The molecule has 0 radical (unpaired) electrons. The van der Waals surface area contributed by atoms with Crippen molar-refractivity contribution in [1.29, 1.82) is 0 Å². The van der Waals surface area contributed by atoms with Gasteiger partial charge >= 0.3 is 0 Å². The predicted molar refractivity (Wildman–Crippen MR) is 73.1 cm³/mol. The first kappa shape index (κ1) is 14.0. The largest absolute Gasteiger partial charge is 0.224 e. The summed E-state index contributed by atoms with van der Waals surface area (Å²) < 4.78 is 37.7. The summed E-state index contributed by atoms with van der Waals surface area (Å²) in [5.74, 6) is -0.398. The molecule has 0 heterocycles. The normalized spacial score (nSPS) is 19.0. The SMILES string of the molecule is O=S(=O)(CC1(CBr)CCCC1)c1cccc(F)c1. The van der Waals surface area contributed by atoms with Gasteiger partial charge in [-0.05, 0) is 36.5 Å². The molecule has 1 aromatic carbocycles. The lowest BCUT2D eigenvalue weighted by Crippen LogP contribution is -2.29. The molecule has 0 bridgehead atoms. The Labute approximate surface area is 116 Å². The number of alkyl halides is 1. The summed E-state index contributed by atoms with van der Waals surface area (Å²) in [7, 11) is -3.41. The Morgan fingerprint density at radius 2 is 1.94 bits per heavy atom. The average molecular weight is 335 g/mol. The van der Waals surface area contributed by atoms with E-state index >= 15 is 0 Å². The first-order valence-corrected chi connectivity index (χ1v) is 8.79. The van der Waals surface area contributed by atoms with Crippen LogP contribution in [0.3, 0.4) is 0 Å². The third-order valence-electron chi connectivity index (χ3n) is 3.60. The summed E-state index contributed by atoms with van der Waals surface area (Å²) in [5, 5.41) is 0.689. The van der Waals surface area contributed by atoms with E-state index in [2.05, 4.69) is 15.9 Å². The van der Waals surface area contributed by atoms with Crippen molar-refractivity contribution >= 4 is 25.8 Å². The summed E-state index contributed by atoms with van der Waals surface area (Å²) in [4.78, 5) is 0.0923. The number of hydrogen-bond donors (Lipinski definition) is 0. The van der Waals surface area contributed by atoms with Crippen molar-refractivity contribution in [3.63, 3.8) is 0 Å². The highest BCUT2D eigenvalue weighted by molar-refractivity contribution is 9.09. The molecule has 18 heavy (non-hydrogen) atoms. The first-order valence-electron chi connectivity index (χ1n) is 6.02. The van der Waals surface area contributed by atoms with Crippen LogP contribution < -0.4 is 0 Å². The minimum absolute atomic E-state index is 0.0923. The number of sulfone groups is 1. The average Bonchev–Trinajstić information content (AvgIpc) is 2.77. The molecule has 1 aliphatic carbocycles. The molecule has 2 rings (SSSR count). The van der Waals surface area contributed by atoms with Crippen LogP contribution in [-0.2, 0) is 9.84 Å². The van der Waals surface area contributed by atoms with Crippen LogP contribution in [0.4, 0.5) is 4.39 Å². The van der Waals surface area contributed by atoms with E-state index in [4.69, 9.17) is 0 Å². The van der Waals surface area contributed by atoms with Crippen LogP contribution in [0.25, 0.3) is 0 Å². The quantitative estimate of drug-likeness (QED) is 0.789. The molecule has 0 saturated heterocycles. The van der Waals surface area contributed by atoms with Crippen LogP contribution in [0.1, 0.15) is 25.7 Å². The Hall–Kier alpha value is -0.420. The summed E-state index contributed by atoms with van der Waals surface area (Å²) in [6.45, 7) is 0. The molecule has 1 saturated carbocycles. The van der Waals surface area contributed by atoms with E-state index in [9.17, 15) is 12.8 Å². The molecule has 0 N–H and O–H groups in total. The van der Waals surface area contributed by atoms with Crippen molar-refractivity contribution in [2.45, 2.75) is 30.6 Å². The van der Waals surface area contributed by atoms with Crippen molar-refractivity contribution in [3.8, 4) is 0 Å². The van der Waals surface area contributed by atoms with Crippen molar-refractivity contribution in [3.05, 3.63) is 30.1 Å². The van der Waals surface area contributed by atoms with Crippen molar-refractivity contribution in [2.24, 2.45) is 5.41 Å². The maximum absolute atomic E-state index is 13.1. The van der Waals surface area contributed by atoms with Gasteiger partial charge in [0.15, 0.2) is 9.84 Å². The van der Waals surface area contributed by atoms with E-state index in [-0.39, 0.29) is 16.1 Å². The van der Waals surface area contributed by atoms with Gasteiger partial charge in [-0.15, -0.1) is 0 Å². The fraction of sp³-hybridized carbons (Fsp3) is 0.538. The maximum Gasteiger partial charge on any atom is 0.179 e. The summed E-state index contributed by atoms with van der Waals surface area (Å²) >= 11 is 3.43. The highest BCUT2D eigenvalue weighted by Crippen LogP contribution is 2.41. The lowest BCUT2D eigenvalue weighted by molar-refractivity contribution is 0.394. The second-order valence-corrected chi connectivity index (χ2v) is 7.61. The van der Waals surface area contributed by atoms with E-state index in [1.807, 2.05) is 0 Å². The Bertz CT molecular complexity index is 522. The molecule has 0 aliphatic heterocycles. The molecule has 0 spiro atoms. The smallest absolute Gasteiger partial charge is 0.179 e. The molecule has 1 aliphatic rings. The van der Waals surface area contributed by atoms with Gasteiger partial charge in [-0.25, -0.2) is 12.8 Å². The fourth-order valence-electron chi connectivity index (χ4n) is 2.59. The van der Waals surface area contributed by atoms with Gasteiger partial charge in [0.1, 0.15) is 5.82 Å². The Kier molecular flexibility index (Phi) is 4.11. The van der Waals surface area contributed by atoms with Gasteiger partial charge < -0.3 is 0 Å². The van der Waals surface area contributed by atoms with E-state index in [0.717, 1.165) is 31.7 Å². The zero-order chi connectivity index (χ0) is 13.2. The van der Waals surface area contributed by atoms with Gasteiger partial charge in [-0.2, -0.15) is 0 Å². The fourth-order valence-corrected chi connectivity index (χ4v) is 5.55. The van der Waals surface area contributed by atoms with E-state index in [1.54, 1.807) is 0 Å². The van der Waals surface area contributed by atoms with Crippen LogP contribution >= 0.6 is 15.9 Å². The monoisotopic (exact) mass is 334 g/mol. The number of rotatable bonds is 4. The molecule has 0 atom stereocenters. The van der Waals surface area contributed by atoms with Crippen molar-refractivity contribution < 1.29 is 12.8 Å². The molecule has 1 aromatic rings. The maximum atomic E-state index is 13.1. The van der Waals surface area contributed by atoms with Crippen molar-refractivity contribution in [1.82, 2.24) is 0 Å². The highest BCUT2D eigenvalue weighted by Gasteiger charge is 2.37. The molecule has 1 fully saturated rings. The van der Waals surface area contributed by atoms with Crippen LogP contribution in [0, 0.1) is 11.2 Å². The third-order valence-corrected chi connectivity index (χ3v) is 6.75. The zero-order valence-corrected chi connectivity index (χ0v) is 12.4. The van der Waals surface area contributed by atoms with E-state index < -0.39 is 15.7 Å². The van der Waals surface area contributed by atoms with Gasteiger partial charge in [-0.3, -0.25) is 0 Å². The van der Waals surface area contributed by atoms with Crippen molar-refractivity contribution in [2.75, 3.05) is 11.1 Å². The topological polar surface area (TPSA) is 34.1 Å². The number of hydrogen-bond acceptors (Lipinski definition) is 2. The van der Waals surface area contributed by atoms with Gasteiger partial charge in [0.2, 0.25) is 0 Å². The van der Waals surface area contributed by atoms with Crippen LogP contribution in [0.5, 0.6) is 0 Å². The standard InChI is InChI=1S/C13H16BrFO2S/c14-9-13(6-1-2-7-13)10-18(16,17)12-5-3-4-11(15)8-12/h3-5,8H,1-2,6-7,9-10H2. The Morgan fingerprint density at radius 1 is 1.28 bits per heavy atom. The predicted octanol–water partition coefficient (Wildman–Crippen LogP) is 3.55. The van der Waals surface area contributed by atoms with Crippen LogP contribution in [0.15, 0.2) is 29.2 Å². The number of benzene rings is 1. The van der Waals surface area contributed by atoms with Gasteiger partial charge in [0.05, 0.1) is 10.6 Å². The zero-order valence-electron chi connectivity index (χ0n) is 10.0. The first-order chi connectivity index (χ1) is 8.47. The lowest BCUT2D eigenvalue weighted by Gasteiger charge is -2.26. The second kappa shape index (κ2) is 5.29.